The minimum atomic E-state index is -0.299. The van der Waals surface area contributed by atoms with Gasteiger partial charge in [-0.1, -0.05) is 29.0 Å². The number of nitrogens with zero attached hydrogens (tertiary/aromatic N) is 2. The summed E-state index contributed by atoms with van der Waals surface area (Å²) in [6.07, 6.45) is 1.27. The Balaban J connectivity index is 1.66. The Morgan fingerprint density at radius 3 is 2.88 bits per heavy atom. The molecule has 1 aliphatic heterocycles. The van der Waals surface area contributed by atoms with Crippen molar-refractivity contribution < 1.29 is 9.59 Å². The second-order valence-corrected chi connectivity index (χ2v) is 7.72. The van der Waals surface area contributed by atoms with E-state index in [0.29, 0.717) is 34.4 Å². The van der Waals surface area contributed by atoms with Crippen LogP contribution in [0.2, 0.25) is 5.02 Å². The molecule has 5 nitrogen and oxygen atoms in total. The van der Waals surface area contributed by atoms with Crippen molar-refractivity contribution in [3.63, 3.8) is 0 Å². The van der Waals surface area contributed by atoms with E-state index in [1.54, 1.807) is 23.1 Å². The Bertz CT molecular complexity index is 1030. The van der Waals surface area contributed by atoms with Gasteiger partial charge in [0.25, 0.3) is 5.91 Å². The highest BCUT2D eigenvalue weighted by Crippen LogP contribution is 2.31. The zero-order chi connectivity index (χ0) is 18.3. The molecule has 0 unspecified atom stereocenters. The number of carbonyl (C=O) groups excluding carboxylic acids is 2. The Labute approximate surface area is 159 Å². The van der Waals surface area contributed by atoms with Gasteiger partial charge in [-0.2, -0.15) is 0 Å². The second kappa shape index (κ2) is 6.70. The molecule has 132 valence electrons. The van der Waals surface area contributed by atoms with E-state index >= 15 is 0 Å². The average molecular weight is 386 g/mol. The van der Waals surface area contributed by atoms with E-state index in [2.05, 4.69) is 10.3 Å². The van der Waals surface area contributed by atoms with Crippen LogP contribution in [0.1, 0.15) is 28.8 Å². The fraction of sp³-hybridized carbons (Fsp3) is 0.211. The Hall–Kier alpha value is -2.44. The van der Waals surface area contributed by atoms with Crippen molar-refractivity contribution in [3.05, 3.63) is 52.5 Å². The van der Waals surface area contributed by atoms with Gasteiger partial charge in [-0.3, -0.25) is 14.9 Å². The van der Waals surface area contributed by atoms with Gasteiger partial charge in [0, 0.05) is 18.0 Å². The van der Waals surface area contributed by atoms with Gasteiger partial charge >= 0.3 is 0 Å². The first-order chi connectivity index (χ1) is 12.5. The predicted octanol–water partition coefficient (Wildman–Crippen LogP) is 4.64. The first kappa shape index (κ1) is 17.0. The summed E-state index contributed by atoms with van der Waals surface area (Å²) in [4.78, 5) is 31.0. The first-order valence-electron chi connectivity index (χ1n) is 8.30. The number of aryl methyl sites for hydroxylation is 1. The smallest absolute Gasteiger partial charge is 0.259 e. The zero-order valence-electron chi connectivity index (χ0n) is 14.1. The Kier molecular flexibility index (Phi) is 4.38. The number of carbonyl (C=O) groups is 2. The van der Waals surface area contributed by atoms with Gasteiger partial charge < -0.3 is 4.90 Å². The molecule has 1 N–H and O–H groups in total. The van der Waals surface area contributed by atoms with Gasteiger partial charge in [-0.25, -0.2) is 4.98 Å². The van der Waals surface area contributed by atoms with Crippen LogP contribution in [0.25, 0.3) is 10.2 Å². The van der Waals surface area contributed by atoms with Gasteiger partial charge in [0.2, 0.25) is 5.91 Å². The summed E-state index contributed by atoms with van der Waals surface area (Å²) in [5.74, 6) is -0.288. The van der Waals surface area contributed by atoms with E-state index in [0.717, 1.165) is 22.2 Å². The molecule has 1 fully saturated rings. The maximum Gasteiger partial charge on any atom is 0.259 e. The molecule has 7 heteroatoms. The normalized spacial score (nSPS) is 14.2. The minimum Gasteiger partial charge on any atom is -0.312 e. The number of nitrogens with one attached hydrogen (secondary N) is 1. The van der Waals surface area contributed by atoms with Crippen molar-refractivity contribution >= 4 is 55.8 Å². The number of amides is 2. The third kappa shape index (κ3) is 3.18. The minimum absolute atomic E-state index is 0.0109. The van der Waals surface area contributed by atoms with E-state index in [1.807, 2.05) is 25.1 Å². The van der Waals surface area contributed by atoms with Gasteiger partial charge in [0.15, 0.2) is 5.13 Å². The van der Waals surface area contributed by atoms with Crippen molar-refractivity contribution in [2.75, 3.05) is 16.8 Å². The van der Waals surface area contributed by atoms with Crippen LogP contribution in [0.15, 0.2) is 36.4 Å². The third-order valence-corrected chi connectivity index (χ3v) is 5.50. The summed E-state index contributed by atoms with van der Waals surface area (Å²) in [6.45, 7) is 2.62. The van der Waals surface area contributed by atoms with E-state index in [4.69, 9.17) is 11.6 Å². The molecule has 1 aliphatic rings. The van der Waals surface area contributed by atoms with E-state index in [9.17, 15) is 9.59 Å². The average Bonchev–Trinajstić information content (AvgIpc) is 3.19. The molecule has 4 rings (SSSR count). The molecule has 2 aromatic carbocycles. The lowest BCUT2D eigenvalue weighted by atomic mass is 10.1. The highest BCUT2D eigenvalue weighted by Gasteiger charge is 2.26. The standard InChI is InChI=1S/C19H16ClN3O2S/c1-11-4-7-14-16(9-11)26-19(21-14)22-18(25)13-6-5-12(20)10-15(13)23-8-2-3-17(23)24/h4-7,9-10H,2-3,8H2,1H3,(H,21,22,25). The fourth-order valence-corrected chi connectivity index (χ4v) is 4.20. The summed E-state index contributed by atoms with van der Waals surface area (Å²) in [6, 6.07) is 10.9. The largest absolute Gasteiger partial charge is 0.312 e. The van der Waals surface area contributed by atoms with Crippen LogP contribution in [-0.2, 0) is 4.79 Å². The third-order valence-electron chi connectivity index (χ3n) is 4.33. The van der Waals surface area contributed by atoms with Crippen LogP contribution in [0.5, 0.6) is 0 Å². The maximum atomic E-state index is 12.8. The second-order valence-electron chi connectivity index (χ2n) is 6.25. The van der Waals surface area contributed by atoms with Crippen molar-refractivity contribution in [1.29, 1.82) is 0 Å². The van der Waals surface area contributed by atoms with Crippen LogP contribution in [0, 0.1) is 6.92 Å². The Morgan fingerprint density at radius 2 is 2.12 bits per heavy atom. The van der Waals surface area contributed by atoms with Crippen LogP contribution in [0.4, 0.5) is 10.8 Å². The van der Waals surface area contributed by atoms with Crippen LogP contribution in [0.3, 0.4) is 0 Å². The highest BCUT2D eigenvalue weighted by molar-refractivity contribution is 7.22. The SMILES string of the molecule is Cc1ccc2nc(NC(=O)c3ccc(Cl)cc3N3CCCC3=O)sc2c1. The number of aromatic nitrogens is 1. The monoisotopic (exact) mass is 385 g/mol. The molecule has 1 aromatic heterocycles. The van der Waals surface area contributed by atoms with Gasteiger partial charge in [0.05, 0.1) is 21.5 Å². The maximum absolute atomic E-state index is 12.8. The number of anilines is 2. The molecule has 0 bridgehead atoms. The van der Waals surface area contributed by atoms with E-state index in [1.165, 1.54) is 11.3 Å². The molecule has 3 aromatic rings. The van der Waals surface area contributed by atoms with Gasteiger partial charge in [-0.05, 0) is 49.2 Å². The topological polar surface area (TPSA) is 62.3 Å². The molecule has 0 spiro atoms. The summed E-state index contributed by atoms with van der Waals surface area (Å²) < 4.78 is 1.02. The zero-order valence-corrected chi connectivity index (χ0v) is 15.7. The lowest BCUT2D eigenvalue weighted by Gasteiger charge is -2.19. The van der Waals surface area contributed by atoms with E-state index < -0.39 is 0 Å². The lowest BCUT2D eigenvalue weighted by molar-refractivity contribution is -0.117. The van der Waals surface area contributed by atoms with Crippen LogP contribution in [-0.4, -0.2) is 23.3 Å². The molecule has 2 amide bonds. The van der Waals surface area contributed by atoms with Crippen LogP contribution < -0.4 is 10.2 Å². The molecule has 1 saturated heterocycles. The quantitative estimate of drug-likeness (QED) is 0.714. The number of benzene rings is 2. The number of hydrogen-bond acceptors (Lipinski definition) is 4. The molecule has 26 heavy (non-hydrogen) atoms. The summed E-state index contributed by atoms with van der Waals surface area (Å²) in [7, 11) is 0. The first-order valence-corrected chi connectivity index (χ1v) is 9.49. The highest BCUT2D eigenvalue weighted by atomic mass is 35.5. The van der Waals surface area contributed by atoms with Crippen molar-refractivity contribution in [2.45, 2.75) is 19.8 Å². The lowest BCUT2D eigenvalue weighted by Crippen LogP contribution is -2.27. The molecule has 0 atom stereocenters. The molecule has 0 aliphatic carbocycles. The number of halogens is 1. The molecule has 2 heterocycles. The summed E-state index contributed by atoms with van der Waals surface area (Å²) >= 11 is 7.52. The molecular weight excluding hydrogens is 370 g/mol. The number of rotatable bonds is 3. The summed E-state index contributed by atoms with van der Waals surface area (Å²) in [5, 5.41) is 3.88. The van der Waals surface area contributed by atoms with Crippen molar-refractivity contribution in [2.24, 2.45) is 0 Å². The molecule has 0 saturated carbocycles. The molecular formula is C19H16ClN3O2S. The van der Waals surface area contributed by atoms with Crippen LogP contribution >= 0.6 is 22.9 Å². The summed E-state index contributed by atoms with van der Waals surface area (Å²) in [5.41, 5.74) is 2.96. The van der Waals surface area contributed by atoms with Crippen molar-refractivity contribution in [3.8, 4) is 0 Å². The van der Waals surface area contributed by atoms with Gasteiger partial charge in [-0.15, -0.1) is 0 Å². The fourth-order valence-electron chi connectivity index (χ4n) is 3.07. The number of hydrogen-bond donors (Lipinski definition) is 1. The van der Waals surface area contributed by atoms with E-state index in [-0.39, 0.29) is 11.8 Å². The van der Waals surface area contributed by atoms with Gasteiger partial charge in [0.1, 0.15) is 0 Å². The predicted molar refractivity (Wildman–Crippen MR) is 105 cm³/mol. The number of thiazole rings is 1. The molecule has 0 radical (unpaired) electrons. The number of fused-ring (bicyclic) bond motifs is 1. The van der Waals surface area contributed by atoms with Crippen molar-refractivity contribution in [1.82, 2.24) is 4.98 Å². The Morgan fingerprint density at radius 1 is 1.27 bits per heavy atom.